The minimum absolute atomic E-state index is 0.0269. The molecule has 0 unspecified atom stereocenters. The standard InChI is InChI=1S/C26H32Cl2O4/c1-13(2)29-21-9-10-22(30-14(3)4)24-23(21)25(31-15(5)6)17-11-19(27)20(28)12-18(17)26(24)32-16(7)8/h9-16H,1-8H3. The molecule has 0 aliphatic carbocycles. The maximum atomic E-state index is 6.45. The maximum absolute atomic E-state index is 6.45. The number of hydrogen-bond acceptors (Lipinski definition) is 4. The molecule has 0 atom stereocenters. The van der Waals surface area contributed by atoms with E-state index in [-0.39, 0.29) is 24.4 Å². The molecule has 0 bridgehead atoms. The van der Waals surface area contributed by atoms with Crippen molar-refractivity contribution in [2.45, 2.75) is 79.8 Å². The summed E-state index contributed by atoms with van der Waals surface area (Å²) in [6.07, 6.45) is -0.203. The molecular formula is C26H32Cl2O4. The molecule has 0 saturated heterocycles. The van der Waals surface area contributed by atoms with Crippen LogP contribution in [0.1, 0.15) is 55.4 Å². The van der Waals surface area contributed by atoms with E-state index in [0.29, 0.717) is 33.0 Å². The average molecular weight is 479 g/mol. The highest BCUT2D eigenvalue weighted by Crippen LogP contribution is 2.52. The van der Waals surface area contributed by atoms with Gasteiger partial charge in [-0.25, -0.2) is 0 Å². The van der Waals surface area contributed by atoms with E-state index in [1.165, 1.54) is 0 Å². The third-order valence-corrected chi connectivity index (χ3v) is 5.29. The van der Waals surface area contributed by atoms with Crippen LogP contribution in [0.15, 0.2) is 24.3 Å². The number of ether oxygens (including phenoxy) is 4. The van der Waals surface area contributed by atoms with E-state index in [4.69, 9.17) is 42.1 Å². The fraction of sp³-hybridized carbons (Fsp3) is 0.462. The van der Waals surface area contributed by atoms with Crippen LogP contribution in [0, 0.1) is 0 Å². The first kappa shape index (κ1) is 24.6. The lowest BCUT2D eigenvalue weighted by Crippen LogP contribution is -2.13. The topological polar surface area (TPSA) is 36.9 Å². The summed E-state index contributed by atoms with van der Waals surface area (Å²) in [5.74, 6) is 2.74. The third kappa shape index (κ3) is 5.13. The lowest BCUT2D eigenvalue weighted by atomic mass is 9.98. The summed E-state index contributed by atoms with van der Waals surface area (Å²) < 4.78 is 25.2. The summed E-state index contributed by atoms with van der Waals surface area (Å²) >= 11 is 12.9. The van der Waals surface area contributed by atoms with Crippen LogP contribution in [0.2, 0.25) is 10.0 Å². The number of rotatable bonds is 8. The van der Waals surface area contributed by atoms with Gasteiger partial charge < -0.3 is 18.9 Å². The van der Waals surface area contributed by atoms with Crippen LogP contribution in [0.25, 0.3) is 21.5 Å². The Balaban J connectivity index is 2.61. The van der Waals surface area contributed by atoms with E-state index in [1.54, 1.807) is 0 Å². The predicted molar refractivity (Wildman–Crippen MR) is 135 cm³/mol. The van der Waals surface area contributed by atoms with Crippen LogP contribution in [-0.2, 0) is 0 Å². The van der Waals surface area contributed by atoms with Gasteiger partial charge in [0.15, 0.2) is 0 Å². The highest BCUT2D eigenvalue weighted by Gasteiger charge is 2.26. The maximum Gasteiger partial charge on any atom is 0.139 e. The van der Waals surface area contributed by atoms with E-state index < -0.39 is 0 Å². The van der Waals surface area contributed by atoms with Crippen molar-refractivity contribution < 1.29 is 18.9 Å². The van der Waals surface area contributed by atoms with Gasteiger partial charge >= 0.3 is 0 Å². The number of benzene rings is 3. The highest BCUT2D eigenvalue weighted by molar-refractivity contribution is 6.43. The van der Waals surface area contributed by atoms with Crippen LogP contribution in [-0.4, -0.2) is 24.4 Å². The average Bonchev–Trinajstić information content (AvgIpc) is 2.65. The third-order valence-electron chi connectivity index (χ3n) is 4.57. The molecule has 3 rings (SSSR count). The van der Waals surface area contributed by atoms with E-state index in [9.17, 15) is 0 Å². The van der Waals surface area contributed by atoms with Crippen LogP contribution in [0.5, 0.6) is 23.0 Å². The lowest BCUT2D eigenvalue weighted by molar-refractivity contribution is 0.229. The molecule has 0 saturated carbocycles. The number of fused-ring (bicyclic) bond motifs is 2. The summed E-state index contributed by atoms with van der Waals surface area (Å²) in [6.45, 7) is 16.0. The highest BCUT2D eigenvalue weighted by atomic mass is 35.5. The first-order valence-corrected chi connectivity index (χ1v) is 11.8. The molecule has 0 aliphatic rings. The molecule has 3 aromatic rings. The molecule has 0 fully saturated rings. The summed E-state index contributed by atoms with van der Waals surface area (Å²) in [5, 5.41) is 4.12. The van der Waals surface area contributed by atoms with Gasteiger partial charge in [0, 0.05) is 10.8 Å². The lowest BCUT2D eigenvalue weighted by Gasteiger charge is -2.25. The second kappa shape index (κ2) is 9.84. The summed E-state index contributed by atoms with van der Waals surface area (Å²) in [7, 11) is 0. The zero-order chi connectivity index (χ0) is 23.7. The Morgan fingerprint density at radius 2 is 0.844 bits per heavy atom. The first-order chi connectivity index (χ1) is 15.0. The van der Waals surface area contributed by atoms with Gasteiger partial charge in [0.05, 0.1) is 45.2 Å². The van der Waals surface area contributed by atoms with E-state index in [1.807, 2.05) is 79.7 Å². The zero-order valence-corrected chi connectivity index (χ0v) is 21.5. The zero-order valence-electron chi connectivity index (χ0n) is 20.0. The fourth-order valence-electron chi connectivity index (χ4n) is 3.63. The molecule has 0 aliphatic heterocycles. The number of halogens is 2. The molecular weight excluding hydrogens is 447 g/mol. The SMILES string of the molecule is CC(C)Oc1ccc(OC(C)C)c2c(OC(C)C)c3cc(Cl)c(Cl)cc3c(OC(C)C)c12. The molecule has 0 aromatic heterocycles. The van der Waals surface area contributed by atoms with Gasteiger partial charge in [-0.1, -0.05) is 23.2 Å². The molecule has 174 valence electrons. The Morgan fingerprint density at radius 3 is 1.12 bits per heavy atom. The van der Waals surface area contributed by atoms with Crippen molar-refractivity contribution in [2.75, 3.05) is 0 Å². The normalized spacial score (nSPS) is 11.9. The molecule has 0 N–H and O–H groups in total. The second-order valence-electron chi connectivity index (χ2n) is 8.95. The molecule has 32 heavy (non-hydrogen) atoms. The van der Waals surface area contributed by atoms with Gasteiger partial charge in [0.2, 0.25) is 0 Å². The van der Waals surface area contributed by atoms with E-state index >= 15 is 0 Å². The monoisotopic (exact) mass is 478 g/mol. The Morgan fingerprint density at radius 1 is 0.531 bits per heavy atom. The van der Waals surface area contributed by atoms with E-state index in [2.05, 4.69) is 0 Å². The molecule has 6 heteroatoms. The van der Waals surface area contributed by atoms with Crippen molar-refractivity contribution in [3.8, 4) is 23.0 Å². The summed E-state index contributed by atoms with van der Waals surface area (Å²) in [4.78, 5) is 0. The van der Waals surface area contributed by atoms with Crippen molar-refractivity contribution in [3.63, 3.8) is 0 Å². The molecule has 0 radical (unpaired) electrons. The fourth-order valence-corrected chi connectivity index (χ4v) is 3.96. The minimum Gasteiger partial charge on any atom is -0.490 e. The van der Waals surface area contributed by atoms with Crippen LogP contribution >= 0.6 is 23.2 Å². The van der Waals surface area contributed by atoms with Crippen LogP contribution in [0.3, 0.4) is 0 Å². The molecule has 4 nitrogen and oxygen atoms in total. The van der Waals surface area contributed by atoms with Gasteiger partial charge in [0.1, 0.15) is 23.0 Å². The van der Waals surface area contributed by atoms with Crippen molar-refractivity contribution >= 4 is 44.7 Å². The van der Waals surface area contributed by atoms with Crippen molar-refractivity contribution in [1.82, 2.24) is 0 Å². The Kier molecular flexibility index (Phi) is 7.57. The van der Waals surface area contributed by atoms with Gasteiger partial charge in [-0.05, 0) is 79.7 Å². The Hall–Kier alpha value is -2.04. The smallest absolute Gasteiger partial charge is 0.139 e. The van der Waals surface area contributed by atoms with Crippen LogP contribution < -0.4 is 18.9 Å². The van der Waals surface area contributed by atoms with Gasteiger partial charge in [-0.2, -0.15) is 0 Å². The molecule has 0 heterocycles. The quantitative estimate of drug-likeness (QED) is 0.304. The van der Waals surface area contributed by atoms with Crippen molar-refractivity contribution in [3.05, 3.63) is 34.3 Å². The first-order valence-electron chi connectivity index (χ1n) is 11.1. The molecule has 3 aromatic carbocycles. The van der Waals surface area contributed by atoms with Gasteiger partial charge in [-0.3, -0.25) is 0 Å². The number of hydrogen-bond donors (Lipinski definition) is 0. The largest absolute Gasteiger partial charge is 0.490 e. The predicted octanol–water partition coefficient (Wildman–Crippen LogP) is 8.45. The summed E-state index contributed by atoms with van der Waals surface area (Å²) in [6, 6.07) is 7.52. The van der Waals surface area contributed by atoms with Crippen LogP contribution in [0.4, 0.5) is 0 Å². The van der Waals surface area contributed by atoms with Crippen molar-refractivity contribution in [1.29, 1.82) is 0 Å². The minimum atomic E-state index is -0.0747. The second-order valence-corrected chi connectivity index (χ2v) is 9.76. The molecule has 0 spiro atoms. The van der Waals surface area contributed by atoms with Gasteiger partial charge in [0.25, 0.3) is 0 Å². The van der Waals surface area contributed by atoms with Crippen molar-refractivity contribution in [2.24, 2.45) is 0 Å². The molecule has 0 amide bonds. The van der Waals surface area contributed by atoms with E-state index in [0.717, 1.165) is 21.5 Å². The summed E-state index contributed by atoms with van der Waals surface area (Å²) in [5.41, 5.74) is 0. The Bertz CT molecular complexity index is 1030. The van der Waals surface area contributed by atoms with Gasteiger partial charge in [-0.15, -0.1) is 0 Å². The Labute approximate surface area is 200 Å².